The van der Waals surface area contributed by atoms with E-state index in [1.165, 1.54) is 26.4 Å². The van der Waals surface area contributed by atoms with E-state index in [0.717, 1.165) is 12.1 Å². The van der Waals surface area contributed by atoms with E-state index >= 15 is 0 Å². The molecule has 0 bridgehead atoms. The molecule has 0 saturated carbocycles. The molecule has 0 radical (unpaired) electrons. The van der Waals surface area contributed by atoms with E-state index in [4.69, 9.17) is 9.47 Å². The van der Waals surface area contributed by atoms with Crippen molar-refractivity contribution in [3.63, 3.8) is 0 Å². The summed E-state index contributed by atoms with van der Waals surface area (Å²) < 4.78 is 47.6. The van der Waals surface area contributed by atoms with Crippen molar-refractivity contribution in [2.75, 3.05) is 19.5 Å². The first-order chi connectivity index (χ1) is 9.77. The molecule has 1 atom stereocenters. The number of carbonyl (C=O) groups excluding carboxylic acids is 1. The average molecular weight is 306 g/mol. The molecular formula is C13H17F3N2O3. The molecule has 1 aromatic rings. The molecule has 0 aliphatic carbocycles. The van der Waals surface area contributed by atoms with Crippen LogP contribution in [0.4, 0.5) is 23.7 Å². The minimum absolute atomic E-state index is 0.0425. The fourth-order valence-corrected chi connectivity index (χ4v) is 1.72. The molecule has 21 heavy (non-hydrogen) atoms. The summed E-state index contributed by atoms with van der Waals surface area (Å²) in [5, 5.41) is 4.83. The zero-order valence-corrected chi connectivity index (χ0v) is 11.8. The summed E-state index contributed by atoms with van der Waals surface area (Å²) in [6.45, 7) is 1.64. The Bertz CT molecular complexity index is 476. The Balaban J connectivity index is 2.67. The molecular weight excluding hydrogens is 289 g/mol. The number of anilines is 1. The fourth-order valence-electron chi connectivity index (χ4n) is 1.72. The topological polar surface area (TPSA) is 59.6 Å². The number of halogens is 3. The molecule has 1 aromatic carbocycles. The third-order valence-corrected chi connectivity index (χ3v) is 2.68. The highest BCUT2D eigenvalue weighted by Gasteiger charge is 2.30. The van der Waals surface area contributed by atoms with Crippen LogP contribution >= 0.6 is 0 Å². The van der Waals surface area contributed by atoms with Crippen LogP contribution in [0.5, 0.6) is 0 Å². The van der Waals surface area contributed by atoms with Crippen molar-refractivity contribution in [2.24, 2.45) is 0 Å². The number of rotatable bonds is 5. The van der Waals surface area contributed by atoms with Gasteiger partial charge in [-0.3, -0.25) is 0 Å². The van der Waals surface area contributed by atoms with Crippen molar-refractivity contribution >= 4 is 11.7 Å². The highest BCUT2D eigenvalue weighted by molar-refractivity contribution is 5.89. The summed E-state index contributed by atoms with van der Waals surface area (Å²) in [6, 6.07) is 3.23. The van der Waals surface area contributed by atoms with Gasteiger partial charge in [-0.2, -0.15) is 13.2 Å². The van der Waals surface area contributed by atoms with E-state index in [1.54, 1.807) is 6.92 Å². The number of hydrogen-bond acceptors (Lipinski definition) is 3. The first-order valence-corrected chi connectivity index (χ1v) is 6.08. The van der Waals surface area contributed by atoms with Crippen LogP contribution in [0.15, 0.2) is 24.3 Å². The van der Waals surface area contributed by atoms with Crippen LogP contribution in [-0.2, 0) is 15.7 Å². The molecule has 0 aliphatic rings. The molecule has 8 heteroatoms. The van der Waals surface area contributed by atoms with E-state index in [-0.39, 0.29) is 5.69 Å². The molecule has 1 rings (SSSR count). The van der Waals surface area contributed by atoms with Crippen LogP contribution < -0.4 is 10.6 Å². The van der Waals surface area contributed by atoms with Crippen LogP contribution in [0.25, 0.3) is 0 Å². The molecule has 2 amide bonds. The lowest BCUT2D eigenvalue weighted by molar-refractivity contribution is -0.137. The average Bonchev–Trinajstić information content (AvgIpc) is 2.39. The molecule has 1 unspecified atom stereocenters. The number of alkyl halides is 3. The number of benzene rings is 1. The Morgan fingerprint density at radius 2 is 1.86 bits per heavy atom. The summed E-state index contributed by atoms with van der Waals surface area (Å²) in [6.07, 6.45) is -5.11. The number of ether oxygens (including phenoxy) is 2. The summed E-state index contributed by atoms with van der Waals surface area (Å²) in [5.41, 5.74) is -0.791. The van der Waals surface area contributed by atoms with Crippen LogP contribution in [0.2, 0.25) is 0 Å². The quantitative estimate of drug-likeness (QED) is 0.822. The smallest absolute Gasteiger partial charge is 0.354 e. The van der Waals surface area contributed by atoms with Gasteiger partial charge in [-0.05, 0) is 25.1 Å². The van der Waals surface area contributed by atoms with Gasteiger partial charge in [0.25, 0.3) is 0 Å². The van der Waals surface area contributed by atoms with Crippen molar-refractivity contribution in [1.82, 2.24) is 5.32 Å². The summed E-state index contributed by atoms with van der Waals surface area (Å²) in [5.74, 6) is 0. The standard InChI is InChI=1S/C13H17F3N2O3/c1-8(11(20-2)21-3)17-12(19)18-10-6-4-5-9(7-10)13(14,15)16/h4-8,11H,1-3H3,(H2,17,18,19). The third-order valence-electron chi connectivity index (χ3n) is 2.68. The van der Waals surface area contributed by atoms with E-state index < -0.39 is 30.1 Å². The number of amides is 2. The highest BCUT2D eigenvalue weighted by atomic mass is 19.4. The lowest BCUT2D eigenvalue weighted by Crippen LogP contribution is -2.44. The van der Waals surface area contributed by atoms with Gasteiger partial charge < -0.3 is 20.1 Å². The first kappa shape index (κ1) is 17.3. The van der Waals surface area contributed by atoms with Crippen molar-refractivity contribution < 1.29 is 27.4 Å². The summed E-state index contributed by atoms with van der Waals surface area (Å²) >= 11 is 0. The lowest BCUT2D eigenvalue weighted by atomic mass is 10.2. The molecule has 0 aromatic heterocycles. The fraction of sp³-hybridized carbons (Fsp3) is 0.462. The Morgan fingerprint density at radius 1 is 1.24 bits per heavy atom. The maximum Gasteiger partial charge on any atom is 0.416 e. The van der Waals surface area contributed by atoms with Gasteiger partial charge in [0.2, 0.25) is 0 Å². The molecule has 5 nitrogen and oxygen atoms in total. The largest absolute Gasteiger partial charge is 0.416 e. The molecule has 0 fully saturated rings. The van der Waals surface area contributed by atoms with Crippen molar-refractivity contribution in [1.29, 1.82) is 0 Å². The molecule has 0 aliphatic heterocycles. The second kappa shape index (κ2) is 7.28. The highest BCUT2D eigenvalue weighted by Crippen LogP contribution is 2.30. The number of hydrogen-bond donors (Lipinski definition) is 2. The minimum atomic E-state index is -4.46. The maximum absolute atomic E-state index is 12.6. The molecule has 0 saturated heterocycles. The number of nitrogens with one attached hydrogen (secondary N) is 2. The van der Waals surface area contributed by atoms with E-state index in [2.05, 4.69) is 10.6 Å². The Hall–Kier alpha value is -1.80. The predicted molar refractivity (Wildman–Crippen MR) is 70.9 cm³/mol. The van der Waals surface area contributed by atoms with Gasteiger partial charge in [-0.25, -0.2) is 4.79 Å². The number of carbonyl (C=O) groups is 1. The first-order valence-electron chi connectivity index (χ1n) is 6.08. The zero-order chi connectivity index (χ0) is 16.0. The van der Waals surface area contributed by atoms with Crippen LogP contribution in [0, 0.1) is 0 Å². The van der Waals surface area contributed by atoms with Crippen molar-refractivity contribution in [2.45, 2.75) is 25.4 Å². The third kappa shape index (κ3) is 5.24. The summed E-state index contributed by atoms with van der Waals surface area (Å²) in [7, 11) is 2.83. The molecule has 0 spiro atoms. The normalized spacial score (nSPS) is 13.1. The minimum Gasteiger partial charge on any atom is -0.354 e. The Morgan fingerprint density at radius 3 is 2.38 bits per heavy atom. The van der Waals surface area contributed by atoms with Gasteiger partial charge in [-0.15, -0.1) is 0 Å². The second-order valence-corrected chi connectivity index (χ2v) is 4.31. The molecule has 118 valence electrons. The van der Waals surface area contributed by atoms with E-state index in [1.807, 2.05) is 0 Å². The summed E-state index contributed by atoms with van der Waals surface area (Å²) in [4.78, 5) is 11.7. The van der Waals surface area contributed by atoms with Gasteiger partial charge >= 0.3 is 12.2 Å². The van der Waals surface area contributed by atoms with Gasteiger partial charge in [0.05, 0.1) is 11.6 Å². The maximum atomic E-state index is 12.6. The molecule has 2 N–H and O–H groups in total. The number of methoxy groups -OCH3 is 2. The van der Waals surface area contributed by atoms with Gasteiger partial charge in [0.1, 0.15) is 0 Å². The van der Waals surface area contributed by atoms with Crippen molar-refractivity contribution in [3.05, 3.63) is 29.8 Å². The van der Waals surface area contributed by atoms with Crippen LogP contribution in [-0.4, -0.2) is 32.6 Å². The monoisotopic (exact) mass is 306 g/mol. The van der Waals surface area contributed by atoms with E-state index in [9.17, 15) is 18.0 Å². The molecule has 0 heterocycles. The Kier molecular flexibility index (Phi) is 5.98. The van der Waals surface area contributed by atoms with Gasteiger partial charge in [0.15, 0.2) is 6.29 Å². The SMILES string of the molecule is COC(OC)C(C)NC(=O)Nc1cccc(C(F)(F)F)c1. The van der Waals surface area contributed by atoms with Crippen LogP contribution in [0.1, 0.15) is 12.5 Å². The lowest BCUT2D eigenvalue weighted by Gasteiger charge is -2.22. The zero-order valence-electron chi connectivity index (χ0n) is 11.8. The van der Waals surface area contributed by atoms with E-state index in [0.29, 0.717) is 0 Å². The van der Waals surface area contributed by atoms with Crippen LogP contribution in [0.3, 0.4) is 0 Å². The van der Waals surface area contributed by atoms with Gasteiger partial charge in [-0.1, -0.05) is 6.07 Å². The Labute approximate surface area is 120 Å². The predicted octanol–water partition coefficient (Wildman–Crippen LogP) is 2.83. The van der Waals surface area contributed by atoms with Gasteiger partial charge in [0, 0.05) is 19.9 Å². The number of urea groups is 1. The second-order valence-electron chi connectivity index (χ2n) is 4.31. The van der Waals surface area contributed by atoms with Crippen molar-refractivity contribution in [3.8, 4) is 0 Å².